The van der Waals surface area contributed by atoms with Gasteiger partial charge in [-0.2, -0.15) is 0 Å². The van der Waals surface area contributed by atoms with Gasteiger partial charge in [0.25, 0.3) is 0 Å². The first kappa shape index (κ1) is 15.1. The molecular weight excluding hydrogens is 224 g/mol. The van der Waals surface area contributed by atoms with Crippen molar-refractivity contribution in [2.45, 2.75) is 13.1 Å². The third kappa shape index (κ3) is 6.71. The molecule has 0 bridgehead atoms. The molecule has 0 radical (unpaired) electrons. The SMILES string of the molecule is CN(C)CCNCc1ccc(CNCCN)cc1. The lowest BCUT2D eigenvalue weighted by atomic mass is 10.1. The highest BCUT2D eigenvalue weighted by molar-refractivity contribution is 5.22. The number of rotatable bonds is 9. The average molecular weight is 250 g/mol. The molecule has 18 heavy (non-hydrogen) atoms. The Labute approximate surface area is 111 Å². The number of hydrogen-bond donors (Lipinski definition) is 3. The van der Waals surface area contributed by atoms with Crippen LogP contribution in [-0.2, 0) is 13.1 Å². The molecule has 0 saturated carbocycles. The summed E-state index contributed by atoms with van der Waals surface area (Å²) in [4.78, 5) is 2.18. The summed E-state index contributed by atoms with van der Waals surface area (Å²) in [5, 5.41) is 6.72. The normalized spacial score (nSPS) is 11.1. The molecule has 4 nitrogen and oxygen atoms in total. The molecule has 0 atom stereocenters. The topological polar surface area (TPSA) is 53.3 Å². The lowest BCUT2D eigenvalue weighted by molar-refractivity contribution is 0.400. The van der Waals surface area contributed by atoms with Gasteiger partial charge in [-0.3, -0.25) is 0 Å². The van der Waals surface area contributed by atoms with Crippen LogP contribution in [0.1, 0.15) is 11.1 Å². The molecule has 0 heterocycles. The lowest BCUT2D eigenvalue weighted by Gasteiger charge is -2.10. The first-order valence-electron chi connectivity index (χ1n) is 6.56. The van der Waals surface area contributed by atoms with Gasteiger partial charge in [-0.15, -0.1) is 0 Å². The van der Waals surface area contributed by atoms with Gasteiger partial charge in [-0.25, -0.2) is 0 Å². The fourth-order valence-electron chi connectivity index (χ4n) is 1.65. The Bertz CT molecular complexity index is 308. The van der Waals surface area contributed by atoms with Crippen LogP contribution in [0.25, 0.3) is 0 Å². The molecule has 0 unspecified atom stereocenters. The van der Waals surface area contributed by atoms with E-state index in [1.807, 2.05) is 0 Å². The summed E-state index contributed by atoms with van der Waals surface area (Å²) >= 11 is 0. The zero-order valence-corrected chi connectivity index (χ0v) is 11.6. The van der Waals surface area contributed by atoms with Gasteiger partial charge in [0.2, 0.25) is 0 Å². The molecule has 0 aliphatic heterocycles. The van der Waals surface area contributed by atoms with E-state index in [4.69, 9.17) is 5.73 Å². The molecule has 1 aromatic rings. The zero-order valence-electron chi connectivity index (χ0n) is 11.6. The van der Waals surface area contributed by atoms with Crippen molar-refractivity contribution < 1.29 is 0 Å². The molecule has 1 aromatic carbocycles. The number of nitrogens with two attached hydrogens (primary N) is 1. The fraction of sp³-hybridized carbons (Fsp3) is 0.571. The molecule has 4 N–H and O–H groups in total. The average Bonchev–Trinajstić information content (AvgIpc) is 2.36. The Morgan fingerprint density at radius 2 is 1.44 bits per heavy atom. The van der Waals surface area contributed by atoms with Gasteiger partial charge in [0, 0.05) is 39.3 Å². The van der Waals surface area contributed by atoms with Crippen LogP contribution in [0, 0.1) is 0 Å². The predicted molar refractivity (Wildman–Crippen MR) is 77.5 cm³/mol. The number of hydrogen-bond acceptors (Lipinski definition) is 4. The zero-order chi connectivity index (χ0) is 13.2. The molecule has 1 rings (SSSR count). The summed E-state index contributed by atoms with van der Waals surface area (Å²) in [5.74, 6) is 0. The minimum atomic E-state index is 0.688. The Hall–Kier alpha value is -0.940. The predicted octanol–water partition coefficient (Wildman–Crippen LogP) is 0.386. The van der Waals surface area contributed by atoms with Crippen molar-refractivity contribution in [1.29, 1.82) is 0 Å². The Balaban J connectivity index is 2.23. The van der Waals surface area contributed by atoms with E-state index in [0.717, 1.165) is 32.7 Å². The monoisotopic (exact) mass is 250 g/mol. The summed E-state index contributed by atoms with van der Waals surface area (Å²) in [6, 6.07) is 8.71. The maximum Gasteiger partial charge on any atom is 0.0206 e. The first-order chi connectivity index (χ1) is 8.72. The minimum Gasteiger partial charge on any atom is -0.329 e. The summed E-state index contributed by atoms with van der Waals surface area (Å²) in [6.45, 7) is 5.48. The highest BCUT2D eigenvalue weighted by Crippen LogP contribution is 2.03. The van der Waals surface area contributed by atoms with E-state index < -0.39 is 0 Å². The highest BCUT2D eigenvalue weighted by Gasteiger charge is 1.95. The second-order valence-corrected chi connectivity index (χ2v) is 4.76. The fourth-order valence-corrected chi connectivity index (χ4v) is 1.65. The van der Waals surface area contributed by atoms with Gasteiger partial charge < -0.3 is 21.3 Å². The van der Waals surface area contributed by atoms with E-state index in [1.54, 1.807) is 0 Å². The van der Waals surface area contributed by atoms with Crippen molar-refractivity contribution >= 4 is 0 Å². The summed E-state index contributed by atoms with van der Waals surface area (Å²) in [7, 11) is 4.18. The Morgan fingerprint density at radius 3 is 1.89 bits per heavy atom. The maximum atomic E-state index is 5.43. The van der Waals surface area contributed by atoms with E-state index in [2.05, 4.69) is 53.9 Å². The standard InChI is InChI=1S/C14H26N4/c1-18(2)10-9-17-12-14-5-3-13(4-6-14)11-16-8-7-15/h3-6,16-17H,7-12,15H2,1-2H3. The van der Waals surface area contributed by atoms with Crippen LogP contribution >= 0.6 is 0 Å². The van der Waals surface area contributed by atoms with Gasteiger partial charge in [0.05, 0.1) is 0 Å². The molecule has 0 spiro atoms. The number of benzene rings is 1. The molecule has 0 amide bonds. The Kier molecular flexibility index (Phi) is 7.60. The van der Waals surface area contributed by atoms with Crippen molar-refractivity contribution in [3.8, 4) is 0 Å². The maximum absolute atomic E-state index is 5.43. The van der Waals surface area contributed by atoms with Crippen molar-refractivity contribution in [3.63, 3.8) is 0 Å². The third-order valence-corrected chi connectivity index (χ3v) is 2.74. The quantitative estimate of drug-likeness (QED) is 0.555. The number of nitrogens with zero attached hydrogens (tertiary/aromatic N) is 1. The summed E-state index contributed by atoms with van der Waals surface area (Å²) in [5.41, 5.74) is 8.07. The summed E-state index contributed by atoms with van der Waals surface area (Å²) < 4.78 is 0. The van der Waals surface area contributed by atoms with E-state index in [0.29, 0.717) is 6.54 Å². The van der Waals surface area contributed by atoms with Gasteiger partial charge in [0.1, 0.15) is 0 Å². The van der Waals surface area contributed by atoms with Crippen LogP contribution in [0.4, 0.5) is 0 Å². The highest BCUT2D eigenvalue weighted by atomic mass is 15.1. The van der Waals surface area contributed by atoms with Crippen LogP contribution in [0.2, 0.25) is 0 Å². The van der Waals surface area contributed by atoms with Crippen LogP contribution in [-0.4, -0.2) is 45.2 Å². The van der Waals surface area contributed by atoms with E-state index in [-0.39, 0.29) is 0 Å². The van der Waals surface area contributed by atoms with Crippen LogP contribution in [0.15, 0.2) is 24.3 Å². The van der Waals surface area contributed by atoms with Crippen molar-refractivity contribution in [2.24, 2.45) is 5.73 Å². The first-order valence-corrected chi connectivity index (χ1v) is 6.56. The van der Waals surface area contributed by atoms with E-state index in [9.17, 15) is 0 Å². The van der Waals surface area contributed by atoms with Gasteiger partial charge in [-0.1, -0.05) is 24.3 Å². The van der Waals surface area contributed by atoms with Gasteiger partial charge >= 0.3 is 0 Å². The largest absolute Gasteiger partial charge is 0.329 e. The molecule has 0 aliphatic carbocycles. The molecular formula is C14H26N4. The molecule has 0 fully saturated rings. The molecule has 0 aliphatic rings. The second kappa shape index (κ2) is 9.05. The van der Waals surface area contributed by atoms with Crippen molar-refractivity contribution in [3.05, 3.63) is 35.4 Å². The molecule has 102 valence electrons. The van der Waals surface area contributed by atoms with Crippen molar-refractivity contribution in [1.82, 2.24) is 15.5 Å². The molecule has 4 heteroatoms. The summed E-state index contributed by atoms with van der Waals surface area (Å²) in [6.07, 6.45) is 0. The lowest BCUT2D eigenvalue weighted by Crippen LogP contribution is -2.26. The molecule has 0 saturated heterocycles. The number of nitrogens with one attached hydrogen (secondary N) is 2. The van der Waals surface area contributed by atoms with Gasteiger partial charge in [0.15, 0.2) is 0 Å². The van der Waals surface area contributed by atoms with E-state index in [1.165, 1.54) is 11.1 Å². The third-order valence-electron chi connectivity index (χ3n) is 2.74. The number of likely N-dealkylation sites (N-methyl/N-ethyl adjacent to an activating group) is 1. The van der Waals surface area contributed by atoms with Crippen LogP contribution in [0.5, 0.6) is 0 Å². The van der Waals surface area contributed by atoms with E-state index >= 15 is 0 Å². The van der Waals surface area contributed by atoms with Crippen LogP contribution in [0.3, 0.4) is 0 Å². The second-order valence-electron chi connectivity index (χ2n) is 4.76. The Morgan fingerprint density at radius 1 is 0.944 bits per heavy atom. The van der Waals surface area contributed by atoms with Crippen molar-refractivity contribution in [2.75, 3.05) is 40.3 Å². The van der Waals surface area contributed by atoms with Crippen LogP contribution < -0.4 is 16.4 Å². The van der Waals surface area contributed by atoms with Gasteiger partial charge in [-0.05, 0) is 25.2 Å². The molecule has 0 aromatic heterocycles. The smallest absolute Gasteiger partial charge is 0.0206 e. The minimum absolute atomic E-state index is 0.688.